The first-order chi connectivity index (χ1) is 15.2. The number of carbonyl (C=O) groups is 1. The van der Waals surface area contributed by atoms with Crippen LogP contribution < -0.4 is 19.7 Å². The van der Waals surface area contributed by atoms with Crippen molar-refractivity contribution in [3.63, 3.8) is 0 Å². The van der Waals surface area contributed by atoms with Gasteiger partial charge in [-0.2, -0.15) is 0 Å². The fourth-order valence-electron chi connectivity index (χ4n) is 4.02. The Kier molecular flexibility index (Phi) is 5.93. The van der Waals surface area contributed by atoms with Crippen molar-refractivity contribution in [2.24, 2.45) is 5.92 Å². The van der Waals surface area contributed by atoms with E-state index in [1.165, 1.54) is 24.6 Å². The molecule has 1 aromatic carbocycles. The topological polar surface area (TPSA) is 81.5 Å². The van der Waals surface area contributed by atoms with Crippen LogP contribution in [0.4, 0.5) is 5.95 Å². The summed E-state index contributed by atoms with van der Waals surface area (Å²) >= 11 is 1.46. The van der Waals surface area contributed by atoms with Crippen molar-refractivity contribution in [3.8, 4) is 11.5 Å². The van der Waals surface area contributed by atoms with E-state index < -0.39 is 0 Å². The number of nitrogens with one attached hydrogen (secondary N) is 1. The van der Waals surface area contributed by atoms with Gasteiger partial charge in [-0.05, 0) is 43.7 Å². The highest BCUT2D eigenvalue weighted by molar-refractivity contribution is 7.99. The second kappa shape index (κ2) is 8.98. The van der Waals surface area contributed by atoms with E-state index in [9.17, 15) is 4.79 Å². The van der Waals surface area contributed by atoms with Gasteiger partial charge in [-0.1, -0.05) is 30.8 Å². The largest absolute Gasteiger partial charge is 0.486 e. The molecule has 0 radical (unpaired) electrons. The molecule has 3 aliphatic rings. The van der Waals surface area contributed by atoms with Crippen molar-refractivity contribution >= 4 is 23.6 Å². The zero-order valence-electron chi connectivity index (χ0n) is 17.8. The van der Waals surface area contributed by atoms with Gasteiger partial charge in [0.15, 0.2) is 16.7 Å². The Labute approximate surface area is 186 Å². The minimum Gasteiger partial charge on any atom is -0.486 e. The van der Waals surface area contributed by atoms with Crippen LogP contribution in [0, 0.1) is 5.92 Å². The van der Waals surface area contributed by atoms with Crippen molar-refractivity contribution in [2.75, 3.05) is 36.9 Å². The number of carbonyl (C=O) groups excluding carboxylic acids is 1. The van der Waals surface area contributed by atoms with Crippen LogP contribution >= 0.6 is 11.8 Å². The standard InChI is InChI=1S/C22H29N5O3S/c1-15-8-10-26(11-9-15)21-24-25-22(27(21)16-6-7-16)31-14-20(28)23-12-17-13-29-18-4-2-3-5-19(18)30-17/h2-5,15-17H,6-14H2,1H3,(H,23,28)/t17-/m1/s1. The Hall–Kier alpha value is -2.42. The summed E-state index contributed by atoms with van der Waals surface area (Å²) in [6.45, 7) is 5.22. The summed E-state index contributed by atoms with van der Waals surface area (Å²) in [4.78, 5) is 14.8. The zero-order valence-corrected chi connectivity index (χ0v) is 18.6. The monoisotopic (exact) mass is 443 g/mol. The number of fused-ring (bicyclic) bond motifs is 1. The van der Waals surface area contributed by atoms with E-state index in [-0.39, 0.29) is 12.0 Å². The van der Waals surface area contributed by atoms with E-state index in [1.807, 2.05) is 24.3 Å². The van der Waals surface area contributed by atoms with Crippen LogP contribution in [0.15, 0.2) is 29.4 Å². The second-order valence-corrected chi connectivity index (χ2v) is 9.59. The van der Waals surface area contributed by atoms with Crippen LogP contribution in [0.5, 0.6) is 11.5 Å². The minimum absolute atomic E-state index is 0.0360. The molecule has 3 heterocycles. The van der Waals surface area contributed by atoms with Crippen molar-refractivity contribution < 1.29 is 14.3 Å². The number of aromatic nitrogens is 3. The third-order valence-electron chi connectivity index (χ3n) is 6.05. The Balaban J connectivity index is 1.14. The second-order valence-electron chi connectivity index (χ2n) is 8.64. The fourth-order valence-corrected chi connectivity index (χ4v) is 4.85. The quantitative estimate of drug-likeness (QED) is 0.659. The average Bonchev–Trinajstić information content (AvgIpc) is 3.55. The van der Waals surface area contributed by atoms with Gasteiger partial charge in [-0.3, -0.25) is 9.36 Å². The molecule has 1 saturated carbocycles. The molecule has 5 rings (SSSR count). The predicted molar refractivity (Wildman–Crippen MR) is 119 cm³/mol. The fraction of sp³-hybridized carbons (Fsp3) is 0.591. The molecule has 2 aromatic rings. The highest BCUT2D eigenvalue weighted by Gasteiger charge is 2.32. The SMILES string of the molecule is CC1CCN(c2nnc(SCC(=O)NC[C@@H]3COc4ccccc4O3)n2C2CC2)CC1. The van der Waals surface area contributed by atoms with Crippen LogP contribution in [0.3, 0.4) is 0 Å². The van der Waals surface area contributed by atoms with E-state index >= 15 is 0 Å². The first-order valence-corrected chi connectivity index (χ1v) is 12.1. The van der Waals surface area contributed by atoms with Crippen LogP contribution in [0.1, 0.15) is 38.6 Å². The van der Waals surface area contributed by atoms with Crippen LogP contribution in [-0.4, -0.2) is 58.8 Å². The molecule has 166 valence electrons. The molecule has 1 amide bonds. The Morgan fingerprint density at radius 3 is 2.71 bits per heavy atom. The molecule has 8 nitrogen and oxygen atoms in total. The molecule has 0 bridgehead atoms. The number of piperidine rings is 1. The van der Waals surface area contributed by atoms with E-state index in [0.717, 1.165) is 54.5 Å². The lowest BCUT2D eigenvalue weighted by molar-refractivity contribution is -0.119. The van der Waals surface area contributed by atoms with Gasteiger partial charge in [0.25, 0.3) is 0 Å². The maximum absolute atomic E-state index is 12.4. The summed E-state index contributed by atoms with van der Waals surface area (Å²) < 4.78 is 13.9. The van der Waals surface area contributed by atoms with Gasteiger partial charge in [0, 0.05) is 19.1 Å². The highest BCUT2D eigenvalue weighted by Crippen LogP contribution is 2.41. The normalized spacial score (nSPS) is 21.2. The number of ether oxygens (including phenoxy) is 2. The lowest BCUT2D eigenvalue weighted by Crippen LogP contribution is -2.41. The molecule has 9 heteroatoms. The maximum atomic E-state index is 12.4. The zero-order chi connectivity index (χ0) is 21.2. The maximum Gasteiger partial charge on any atom is 0.230 e. The van der Waals surface area contributed by atoms with E-state index in [2.05, 4.69) is 31.9 Å². The summed E-state index contributed by atoms with van der Waals surface area (Å²) in [7, 11) is 0. The number of hydrogen-bond donors (Lipinski definition) is 1. The predicted octanol–water partition coefficient (Wildman–Crippen LogP) is 2.90. The van der Waals surface area contributed by atoms with Gasteiger partial charge in [0.2, 0.25) is 11.9 Å². The molecule has 1 aliphatic carbocycles. The molecule has 0 unspecified atom stereocenters. The molecule has 31 heavy (non-hydrogen) atoms. The number of nitrogens with zero attached hydrogens (tertiary/aromatic N) is 4. The number of benzene rings is 1. The van der Waals surface area contributed by atoms with E-state index in [4.69, 9.17) is 9.47 Å². The number of para-hydroxylation sites is 2. The summed E-state index contributed by atoms with van der Waals surface area (Å²) in [6, 6.07) is 8.07. The molecule has 0 spiro atoms. The number of thioether (sulfide) groups is 1. The molecule has 2 fully saturated rings. The summed E-state index contributed by atoms with van der Waals surface area (Å²) in [6.07, 6.45) is 4.53. The first-order valence-electron chi connectivity index (χ1n) is 11.1. The third-order valence-corrected chi connectivity index (χ3v) is 6.99. The first kappa shape index (κ1) is 20.5. The van der Waals surface area contributed by atoms with Crippen LogP contribution in [-0.2, 0) is 4.79 Å². The number of rotatable bonds is 7. The Bertz CT molecular complexity index is 924. The summed E-state index contributed by atoms with van der Waals surface area (Å²) in [5, 5.41) is 12.7. The van der Waals surface area contributed by atoms with E-state index in [1.54, 1.807) is 0 Å². The van der Waals surface area contributed by atoms with Gasteiger partial charge >= 0.3 is 0 Å². The van der Waals surface area contributed by atoms with E-state index in [0.29, 0.717) is 24.9 Å². The van der Waals surface area contributed by atoms with Gasteiger partial charge in [-0.25, -0.2) is 0 Å². The smallest absolute Gasteiger partial charge is 0.230 e. The lowest BCUT2D eigenvalue weighted by atomic mass is 10.00. The minimum atomic E-state index is -0.188. The van der Waals surface area contributed by atoms with Gasteiger partial charge < -0.3 is 19.7 Å². The van der Waals surface area contributed by atoms with Crippen molar-refractivity contribution in [3.05, 3.63) is 24.3 Å². The third kappa shape index (κ3) is 4.76. The Morgan fingerprint density at radius 2 is 1.94 bits per heavy atom. The summed E-state index contributed by atoms with van der Waals surface area (Å²) in [5.74, 6) is 3.50. The summed E-state index contributed by atoms with van der Waals surface area (Å²) in [5.41, 5.74) is 0. The lowest BCUT2D eigenvalue weighted by Gasteiger charge is -2.31. The van der Waals surface area contributed by atoms with Gasteiger partial charge in [0.1, 0.15) is 12.7 Å². The van der Waals surface area contributed by atoms with Gasteiger partial charge in [0.05, 0.1) is 12.3 Å². The molecule has 2 aliphatic heterocycles. The number of anilines is 1. The Morgan fingerprint density at radius 1 is 1.16 bits per heavy atom. The molecule has 1 atom stereocenters. The highest BCUT2D eigenvalue weighted by atomic mass is 32.2. The molecular weight excluding hydrogens is 414 g/mol. The van der Waals surface area contributed by atoms with Crippen LogP contribution in [0.2, 0.25) is 0 Å². The van der Waals surface area contributed by atoms with Crippen molar-refractivity contribution in [1.82, 2.24) is 20.1 Å². The molecule has 1 saturated heterocycles. The number of hydrogen-bond acceptors (Lipinski definition) is 7. The average molecular weight is 444 g/mol. The number of amides is 1. The van der Waals surface area contributed by atoms with Crippen LogP contribution in [0.25, 0.3) is 0 Å². The van der Waals surface area contributed by atoms with Gasteiger partial charge in [-0.15, -0.1) is 10.2 Å². The van der Waals surface area contributed by atoms with Crippen molar-refractivity contribution in [2.45, 2.75) is 49.9 Å². The molecule has 1 N–H and O–H groups in total. The molecule has 1 aromatic heterocycles. The van der Waals surface area contributed by atoms with Crippen molar-refractivity contribution in [1.29, 1.82) is 0 Å². The molecular formula is C22H29N5O3S.